The van der Waals surface area contributed by atoms with Gasteiger partial charge in [0.2, 0.25) is 5.96 Å². The number of rotatable bonds is 6. The molecule has 2 rings (SSSR count). The quantitative estimate of drug-likeness (QED) is 0.490. The first-order valence-corrected chi connectivity index (χ1v) is 9.86. The normalized spacial score (nSPS) is 15.3. The van der Waals surface area contributed by atoms with Crippen LogP contribution >= 0.6 is 12.4 Å². The number of guanidine groups is 1. The number of piperidine rings is 1. The molecule has 1 fully saturated rings. The second kappa shape index (κ2) is 10.3. The molecule has 0 aromatic heterocycles. The lowest BCUT2D eigenvalue weighted by molar-refractivity contribution is 0.0977. The SMILES string of the molecule is CCCNS(=O)(=O)/N=C(\N)NC(=O)c1ccc(N2CCCCC2)cc1.Cl. The zero-order chi connectivity index (χ0) is 18.3. The predicted octanol–water partition coefficient (Wildman–Crippen LogP) is 1.39. The molecule has 0 unspecified atom stereocenters. The van der Waals surface area contributed by atoms with Crippen LogP contribution < -0.4 is 20.7 Å². The minimum atomic E-state index is -3.90. The van der Waals surface area contributed by atoms with E-state index in [1.54, 1.807) is 12.1 Å². The second-order valence-corrected chi connectivity index (χ2v) is 7.32. The molecule has 1 saturated heterocycles. The standard InChI is InChI=1S/C16H25N5O3S.ClH/c1-2-10-18-25(23,24)20-16(17)19-15(22)13-6-8-14(9-7-13)21-11-4-3-5-12-21;/h6-9,18H,2-5,10-12H2,1H3,(H3,17,19,20,22);1H. The van der Waals surface area contributed by atoms with Crippen molar-refractivity contribution >= 4 is 40.2 Å². The van der Waals surface area contributed by atoms with Gasteiger partial charge in [-0.3, -0.25) is 10.1 Å². The number of hydrogen-bond acceptors (Lipinski definition) is 4. The van der Waals surface area contributed by atoms with Crippen molar-refractivity contribution in [2.45, 2.75) is 32.6 Å². The van der Waals surface area contributed by atoms with Crippen molar-refractivity contribution in [2.24, 2.45) is 10.1 Å². The molecule has 4 N–H and O–H groups in total. The van der Waals surface area contributed by atoms with Crippen LogP contribution in [0.3, 0.4) is 0 Å². The van der Waals surface area contributed by atoms with E-state index in [4.69, 9.17) is 5.73 Å². The molecule has 10 heteroatoms. The first-order chi connectivity index (χ1) is 11.9. The van der Waals surface area contributed by atoms with E-state index in [9.17, 15) is 13.2 Å². The van der Waals surface area contributed by atoms with Crippen LogP contribution in [0.2, 0.25) is 0 Å². The van der Waals surface area contributed by atoms with Gasteiger partial charge in [-0.05, 0) is 49.9 Å². The molecule has 0 radical (unpaired) electrons. The maximum absolute atomic E-state index is 12.1. The van der Waals surface area contributed by atoms with E-state index in [1.807, 2.05) is 19.1 Å². The molecule has 0 spiro atoms. The Kier molecular flexibility index (Phi) is 8.83. The van der Waals surface area contributed by atoms with Gasteiger partial charge in [0.05, 0.1) is 0 Å². The van der Waals surface area contributed by atoms with Gasteiger partial charge in [0.25, 0.3) is 5.91 Å². The average Bonchev–Trinajstić information content (AvgIpc) is 2.60. The van der Waals surface area contributed by atoms with Crippen LogP contribution in [0.1, 0.15) is 43.0 Å². The van der Waals surface area contributed by atoms with Crippen LogP contribution in [0.25, 0.3) is 0 Å². The number of nitrogens with two attached hydrogens (primary N) is 1. The summed E-state index contributed by atoms with van der Waals surface area (Å²) in [7, 11) is -3.90. The third kappa shape index (κ3) is 6.81. The second-order valence-electron chi connectivity index (χ2n) is 5.89. The topological polar surface area (TPSA) is 117 Å². The van der Waals surface area contributed by atoms with Crippen LogP contribution in [0.15, 0.2) is 28.7 Å². The molecule has 1 aliphatic rings. The molecule has 26 heavy (non-hydrogen) atoms. The monoisotopic (exact) mass is 403 g/mol. The van der Waals surface area contributed by atoms with E-state index in [0.29, 0.717) is 12.0 Å². The molecule has 1 aromatic carbocycles. The highest BCUT2D eigenvalue weighted by Crippen LogP contribution is 2.20. The molecule has 1 amide bonds. The summed E-state index contributed by atoms with van der Waals surface area (Å²) in [5, 5.41) is 2.28. The smallest absolute Gasteiger partial charge is 0.323 e. The van der Waals surface area contributed by atoms with Crippen LogP contribution in [0.4, 0.5) is 5.69 Å². The fraction of sp³-hybridized carbons (Fsp3) is 0.500. The fourth-order valence-corrected chi connectivity index (χ4v) is 3.41. The van der Waals surface area contributed by atoms with Crippen LogP contribution in [0, 0.1) is 0 Å². The van der Waals surface area contributed by atoms with Crippen molar-refractivity contribution in [1.82, 2.24) is 10.0 Å². The van der Waals surface area contributed by atoms with Crippen LogP contribution in [-0.4, -0.2) is 39.9 Å². The van der Waals surface area contributed by atoms with E-state index in [0.717, 1.165) is 18.8 Å². The molecule has 1 aromatic rings. The Morgan fingerprint density at radius 1 is 1.19 bits per heavy atom. The van der Waals surface area contributed by atoms with E-state index < -0.39 is 22.1 Å². The minimum absolute atomic E-state index is 0. The maximum Gasteiger partial charge on any atom is 0.323 e. The van der Waals surface area contributed by atoms with Crippen molar-refractivity contribution < 1.29 is 13.2 Å². The Morgan fingerprint density at radius 3 is 2.38 bits per heavy atom. The molecule has 8 nitrogen and oxygen atoms in total. The number of anilines is 1. The number of nitrogens with one attached hydrogen (secondary N) is 2. The van der Waals surface area contributed by atoms with Gasteiger partial charge in [0.1, 0.15) is 0 Å². The minimum Gasteiger partial charge on any atom is -0.372 e. The lowest BCUT2D eigenvalue weighted by atomic mass is 10.1. The number of hydrogen-bond donors (Lipinski definition) is 3. The Balaban J connectivity index is 0.00000338. The number of carbonyl (C=O) groups is 1. The first-order valence-electron chi connectivity index (χ1n) is 8.42. The maximum atomic E-state index is 12.1. The number of benzene rings is 1. The summed E-state index contributed by atoms with van der Waals surface area (Å²) in [6.45, 7) is 4.12. The summed E-state index contributed by atoms with van der Waals surface area (Å²) in [4.78, 5) is 14.4. The van der Waals surface area contributed by atoms with Crippen LogP contribution in [0.5, 0.6) is 0 Å². The molecule has 0 aliphatic carbocycles. The van der Waals surface area contributed by atoms with E-state index in [-0.39, 0.29) is 19.0 Å². The highest BCUT2D eigenvalue weighted by atomic mass is 35.5. The van der Waals surface area contributed by atoms with Gasteiger partial charge in [-0.1, -0.05) is 6.92 Å². The average molecular weight is 404 g/mol. The third-order valence-corrected chi connectivity index (χ3v) is 4.85. The first kappa shape index (κ1) is 22.2. The van der Waals surface area contributed by atoms with Gasteiger partial charge < -0.3 is 10.6 Å². The van der Waals surface area contributed by atoms with Crippen molar-refractivity contribution in [3.05, 3.63) is 29.8 Å². The zero-order valence-electron chi connectivity index (χ0n) is 14.8. The molecule has 0 bridgehead atoms. The van der Waals surface area contributed by atoms with Crippen molar-refractivity contribution in [1.29, 1.82) is 0 Å². The highest BCUT2D eigenvalue weighted by molar-refractivity contribution is 7.88. The Labute approximate surface area is 160 Å². The molecule has 146 valence electrons. The van der Waals surface area contributed by atoms with Gasteiger partial charge in [0, 0.05) is 30.9 Å². The molecule has 1 heterocycles. The van der Waals surface area contributed by atoms with Gasteiger partial charge in [-0.15, -0.1) is 16.8 Å². The lowest BCUT2D eigenvalue weighted by Gasteiger charge is -2.28. The third-order valence-electron chi connectivity index (χ3n) is 3.85. The largest absolute Gasteiger partial charge is 0.372 e. The van der Waals surface area contributed by atoms with Crippen LogP contribution in [-0.2, 0) is 10.2 Å². The van der Waals surface area contributed by atoms with E-state index in [2.05, 4.69) is 19.3 Å². The van der Waals surface area contributed by atoms with Gasteiger partial charge >= 0.3 is 10.2 Å². The molecular weight excluding hydrogens is 378 g/mol. The molecule has 0 atom stereocenters. The Hall–Kier alpha value is -1.84. The highest BCUT2D eigenvalue weighted by Gasteiger charge is 2.13. The predicted molar refractivity (Wildman–Crippen MR) is 106 cm³/mol. The van der Waals surface area contributed by atoms with Crippen molar-refractivity contribution in [3.63, 3.8) is 0 Å². The molecule has 1 aliphatic heterocycles. The van der Waals surface area contributed by atoms with Gasteiger partial charge in [-0.2, -0.15) is 13.1 Å². The number of nitrogens with zero attached hydrogens (tertiary/aromatic N) is 2. The van der Waals surface area contributed by atoms with Gasteiger partial charge in [-0.25, -0.2) is 0 Å². The van der Waals surface area contributed by atoms with E-state index in [1.165, 1.54) is 19.3 Å². The summed E-state index contributed by atoms with van der Waals surface area (Å²) in [5.41, 5.74) is 6.97. The van der Waals surface area contributed by atoms with Gasteiger partial charge in [0.15, 0.2) is 0 Å². The number of halogens is 1. The summed E-state index contributed by atoms with van der Waals surface area (Å²) in [5.74, 6) is -0.967. The van der Waals surface area contributed by atoms with Crippen molar-refractivity contribution in [3.8, 4) is 0 Å². The lowest BCUT2D eigenvalue weighted by Crippen LogP contribution is -2.38. The number of carbonyl (C=O) groups excluding carboxylic acids is 1. The Morgan fingerprint density at radius 2 is 1.81 bits per heavy atom. The van der Waals surface area contributed by atoms with E-state index >= 15 is 0 Å². The fourth-order valence-electron chi connectivity index (χ4n) is 2.58. The molecule has 0 saturated carbocycles. The zero-order valence-corrected chi connectivity index (χ0v) is 16.4. The number of amides is 1. The summed E-state index contributed by atoms with van der Waals surface area (Å²) >= 11 is 0. The Bertz CT molecular complexity index is 716. The molecular formula is C16H26ClN5O3S. The van der Waals surface area contributed by atoms with Crippen molar-refractivity contribution in [2.75, 3.05) is 24.5 Å². The summed E-state index contributed by atoms with van der Waals surface area (Å²) < 4.78 is 28.8. The summed E-state index contributed by atoms with van der Waals surface area (Å²) in [6, 6.07) is 7.15. The summed E-state index contributed by atoms with van der Waals surface area (Å²) in [6.07, 6.45) is 4.24.